The maximum absolute atomic E-state index is 12.0. The van der Waals surface area contributed by atoms with E-state index in [0.717, 1.165) is 12.0 Å². The molecule has 19 heavy (non-hydrogen) atoms. The standard InChI is InChI=1S/C13H18O5S/c1-11-3-5-13(6-4-11)19(14,15)18-10-12-9-16-7-2-8-17-12/h3-6,12H,2,7-10H2,1H3. The van der Waals surface area contributed by atoms with Gasteiger partial charge < -0.3 is 9.47 Å². The van der Waals surface area contributed by atoms with Crippen molar-refractivity contribution in [2.24, 2.45) is 0 Å². The van der Waals surface area contributed by atoms with Gasteiger partial charge in [-0.3, -0.25) is 4.18 Å². The molecule has 1 unspecified atom stereocenters. The highest BCUT2D eigenvalue weighted by atomic mass is 32.2. The Labute approximate surface area is 113 Å². The van der Waals surface area contributed by atoms with Crippen LogP contribution in [0.5, 0.6) is 0 Å². The monoisotopic (exact) mass is 286 g/mol. The van der Waals surface area contributed by atoms with Crippen LogP contribution in [0.25, 0.3) is 0 Å². The third kappa shape index (κ3) is 4.28. The average Bonchev–Trinajstić information content (AvgIpc) is 2.65. The number of hydrogen-bond acceptors (Lipinski definition) is 5. The summed E-state index contributed by atoms with van der Waals surface area (Å²) in [6.07, 6.45) is 0.490. The number of rotatable bonds is 4. The van der Waals surface area contributed by atoms with Gasteiger partial charge in [-0.05, 0) is 25.5 Å². The van der Waals surface area contributed by atoms with Crippen LogP contribution in [-0.4, -0.2) is 40.9 Å². The minimum atomic E-state index is -3.72. The summed E-state index contributed by atoms with van der Waals surface area (Å²) in [7, 11) is -3.72. The van der Waals surface area contributed by atoms with Gasteiger partial charge in [-0.1, -0.05) is 17.7 Å². The number of benzene rings is 1. The van der Waals surface area contributed by atoms with Crippen molar-refractivity contribution in [1.82, 2.24) is 0 Å². The lowest BCUT2D eigenvalue weighted by molar-refractivity contribution is -0.000361. The molecule has 0 N–H and O–H groups in total. The van der Waals surface area contributed by atoms with Crippen molar-refractivity contribution in [3.05, 3.63) is 29.8 Å². The minimum absolute atomic E-state index is 0.0176. The van der Waals surface area contributed by atoms with Crippen molar-refractivity contribution in [3.8, 4) is 0 Å². The van der Waals surface area contributed by atoms with E-state index in [1.165, 1.54) is 12.1 Å². The molecule has 0 radical (unpaired) electrons. The predicted molar refractivity (Wildman–Crippen MR) is 69.5 cm³/mol. The molecule has 106 valence electrons. The van der Waals surface area contributed by atoms with Gasteiger partial charge in [0.15, 0.2) is 0 Å². The maximum atomic E-state index is 12.0. The predicted octanol–water partition coefficient (Wildman–Crippen LogP) is 1.51. The first-order valence-electron chi connectivity index (χ1n) is 6.23. The summed E-state index contributed by atoms with van der Waals surface area (Å²) in [5.41, 5.74) is 0.999. The summed E-state index contributed by atoms with van der Waals surface area (Å²) in [5, 5.41) is 0. The van der Waals surface area contributed by atoms with E-state index >= 15 is 0 Å². The first-order chi connectivity index (χ1) is 9.08. The smallest absolute Gasteiger partial charge is 0.297 e. The van der Waals surface area contributed by atoms with Crippen molar-refractivity contribution in [2.75, 3.05) is 26.4 Å². The van der Waals surface area contributed by atoms with Crippen LogP contribution in [0.1, 0.15) is 12.0 Å². The van der Waals surface area contributed by atoms with Crippen molar-refractivity contribution in [3.63, 3.8) is 0 Å². The zero-order chi connectivity index (χ0) is 13.7. The number of aryl methyl sites for hydroxylation is 1. The quantitative estimate of drug-likeness (QED) is 0.785. The lowest BCUT2D eigenvalue weighted by Gasteiger charge is -2.14. The van der Waals surface area contributed by atoms with Crippen molar-refractivity contribution in [2.45, 2.75) is 24.3 Å². The fourth-order valence-corrected chi connectivity index (χ4v) is 2.64. The summed E-state index contributed by atoms with van der Waals surface area (Å²) in [5.74, 6) is 0. The third-order valence-electron chi connectivity index (χ3n) is 2.81. The Morgan fingerprint density at radius 1 is 1.26 bits per heavy atom. The summed E-state index contributed by atoms with van der Waals surface area (Å²) in [4.78, 5) is 0.160. The van der Waals surface area contributed by atoms with E-state index in [1.54, 1.807) is 12.1 Å². The Morgan fingerprint density at radius 2 is 2.00 bits per heavy atom. The second-order valence-electron chi connectivity index (χ2n) is 4.47. The molecule has 1 aromatic rings. The van der Waals surface area contributed by atoms with Gasteiger partial charge in [-0.15, -0.1) is 0 Å². The van der Waals surface area contributed by atoms with Gasteiger partial charge in [0, 0.05) is 13.2 Å². The van der Waals surface area contributed by atoms with Gasteiger partial charge >= 0.3 is 0 Å². The van der Waals surface area contributed by atoms with Gasteiger partial charge in [0.25, 0.3) is 10.1 Å². The van der Waals surface area contributed by atoms with E-state index in [-0.39, 0.29) is 17.6 Å². The molecule has 1 aromatic carbocycles. The Balaban J connectivity index is 1.95. The molecule has 2 rings (SSSR count). The molecule has 5 nitrogen and oxygen atoms in total. The number of hydrogen-bond donors (Lipinski definition) is 0. The van der Waals surface area contributed by atoms with Crippen LogP contribution in [0.2, 0.25) is 0 Å². The van der Waals surface area contributed by atoms with Gasteiger partial charge in [-0.25, -0.2) is 0 Å². The van der Waals surface area contributed by atoms with Gasteiger partial charge in [0.05, 0.1) is 18.1 Å². The first kappa shape index (κ1) is 14.5. The Hall–Kier alpha value is -0.950. The van der Waals surface area contributed by atoms with Crippen LogP contribution in [0, 0.1) is 6.92 Å². The first-order valence-corrected chi connectivity index (χ1v) is 7.64. The molecule has 1 fully saturated rings. The van der Waals surface area contributed by atoms with E-state index in [2.05, 4.69) is 0 Å². The van der Waals surface area contributed by atoms with E-state index < -0.39 is 10.1 Å². The van der Waals surface area contributed by atoms with E-state index in [4.69, 9.17) is 13.7 Å². The molecule has 0 spiro atoms. The SMILES string of the molecule is Cc1ccc(S(=O)(=O)OCC2COCCCO2)cc1. The Kier molecular flexibility index (Phi) is 4.93. The van der Waals surface area contributed by atoms with Gasteiger partial charge in [-0.2, -0.15) is 8.42 Å². The third-order valence-corrected chi connectivity index (χ3v) is 4.10. The molecule has 6 heteroatoms. The van der Waals surface area contributed by atoms with Crippen molar-refractivity contribution in [1.29, 1.82) is 0 Å². The molecule has 1 aliphatic heterocycles. The lowest BCUT2D eigenvalue weighted by Crippen LogP contribution is -2.25. The highest BCUT2D eigenvalue weighted by Crippen LogP contribution is 2.14. The molecule has 0 aliphatic carbocycles. The summed E-state index contributed by atoms with van der Waals surface area (Å²) in [6.45, 7) is 3.45. The van der Waals surface area contributed by atoms with Crippen molar-refractivity contribution < 1.29 is 22.1 Å². The van der Waals surface area contributed by atoms with Crippen LogP contribution >= 0.6 is 0 Å². The summed E-state index contributed by atoms with van der Waals surface area (Å²) in [6, 6.07) is 6.55. The summed E-state index contributed by atoms with van der Waals surface area (Å²) >= 11 is 0. The van der Waals surface area contributed by atoms with Crippen LogP contribution in [-0.2, 0) is 23.8 Å². The van der Waals surface area contributed by atoms with E-state index in [1.807, 2.05) is 6.92 Å². The lowest BCUT2D eigenvalue weighted by atomic mass is 10.2. The molecular weight excluding hydrogens is 268 g/mol. The van der Waals surface area contributed by atoms with Crippen LogP contribution in [0.4, 0.5) is 0 Å². The van der Waals surface area contributed by atoms with Gasteiger partial charge in [0.1, 0.15) is 6.10 Å². The molecule has 1 heterocycles. The highest BCUT2D eigenvalue weighted by molar-refractivity contribution is 7.86. The second kappa shape index (κ2) is 6.47. The number of ether oxygens (including phenoxy) is 2. The zero-order valence-corrected chi connectivity index (χ0v) is 11.7. The second-order valence-corrected chi connectivity index (χ2v) is 6.09. The Morgan fingerprint density at radius 3 is 2.74 bits per heavy atom. The fraction of sp³-hybridized carbons (Fsp3) is 0.538. The van der Waals surface area contributed by atoms with Gasteiger partial charge in [0.2, 0.25) is 0 Å². The summed E-state index contributed by atoms with van der Waals surface area (Å²) < 4.78 is 39.7. The van der Waals surface area contributed by atoms with Crippen LogP contribution < -0.4 is 0 Å². The van der Waals surface area contributed by atoms with E-state index in [9.17, 15) is 8.42 Å². The molecule has 1 saturated heterocycles. The largest absolute Gasteiger partial charge is 0.379 e. The highest BCUT2D eigenvalue weighted by Gasteiger charge is 2.20. The average molecular weight is 286 g/mol. The molecule has 1 atom stereocenters. The molecular formula is C13H18O5S. The van der Waals surface area contributed by atoms with Crippen LogP contribution in [0.15, 0.2) is 29.2 Å². The zero-order valence-electron chi connectivity index (χ0n) is 10.9. The molecule has 1 aliphatic rings. The fourth-order valence-electron chi connectivity index (χ4n) is 1.71. The Bertz CT molecular complexity index is 486. The minimum Gasteiger partial charge on any atom is -0.379 e. The molecule has 0 bridgehead atoms. The molecule has 0 saturated carbocycles. The van der Waals surface area contributed by atoms with Crippen molar-refractivity contribution >= 4 is 10.1 Å². The maximum Gasteiger partial charge on any atom is 0.297 e. The topological polar surface area (TPSA) is 61.8 Å². The normalized spacial score (nSPS) is 21.0. The van der Waals surface area contributed by atoms with Crippen LogP contribution in [0.3, 0.4) is 0 Å². The van der Waals surface area contributed by atoms with E-state index in [0.29, 0.717) is 19.8 Å². The molecule has 0 aromatic heterocycles. The molecule has 0 amide bonds.